The normalized spacial score (nSPS) is 10.8. The topological polar surface area (TPSA) is 68.0 Å². The molecule has 2 aromatic heterocycles. The molecule has 0 saturated heterocycles. The highest BCUT2D eigenvalue weighted by Gasteiger charge is 2.24. The molecule has 2 heterocycles. The lowest BCUT2D eigenvalue weighted by Gasteiger charge is -2.07. The summed E-state index contributed by atoms with van der Waals surface area (Å²) in [5, 5.41) is 6.43. The Kier molecular flexibility index (Phi) is 5.30. The quantitative estimate of drug-likeness (QED) is 0.471. The van der Waals surface area contributed by atoms with E-state index in [1.807, 2.05) is 18.2 Å². The van der Waals surface area contributed by atoms with E-state index in [1.165, 1.54) is 12.4 Å². The third kappa shape index (κ3) is 3.93. The van der Waals surface area contributed by atoms with Gasteiger partial charge in [0.1, 0.15) is 11.5 Å². The van der Waals surface area contributed by atoms with Gasteiger partial charge in [-0.25, -0.2) is 13.2 Å². The monoisotopic (exact) mass is 409 g/mol. The second kappa shape index (κ2) is 8.20. The lowest BCUT2D eigenvalue weighted by Crippen LogP contribution is -2.14. The van der Waals surface area contributed by atoms with Gasteiger partial charge in [0.25, 0.3) is 0 Å². The summed E-state index contributed by atoms with van der Waals surface area (Å²) in [5.74, 6) is -3.99. The third-order valence-corrected chi connectivity index (χ3v) is 4.39. The van der Waals surface area contributed by atoms with E-state index in [-0.39, 0.29) is 35.0 Å². The van der Waals surface area contributed by atoms with E-state index >= 15 is 0 Å². The number of benzene rings is 2. The van der Waals surface area contributed by atoms with Crippen molar-refractivity contribution in [2.45, 2.75) is 6.42 Å². The Bertz CT molecular complexity index is 1200. The number of aromatic nitrogens is 2. The van der Waals surface area contributed by atoms with E-state index in [0.717, 1.165) is 5.56 Å². The molecule has 0 bridgehead atoms. The number of hydrogen-bond acceptors (Lipinski definition) is 4. The van der Waals surface area contributed by atoms with Crippen LogP contribution in [0.25, 0.3) is 22.4 Å². The Balaban J connectivity index is 1.75. The highest BCUT2D eigenvalue weighted by atomic mass is 19.2. The molecule has 4 rings (SSSR count). The fourth-order valence-corrected chi connectivity index (χ4v) is 3.00. The van der Waals surface area contributed by atoms with Gasteiger partial charge in [0, 0.05) is 24.0 Å². The van der Waals surface area contributed by atoms with Crippen molar-refractivity contribution in [2.24, 2.45) is 0 Å². The van der Waals surface area contributed by atoms with Crippen LogP contribution in [0, 0.1) is 17.5 Å². The van der Waals surface area contributed by atoms with E-state index in [1.54, 1.807) is 24.3 Å². The van der Waals surface area contributed by atoms with Gasteiger partial charge in [-0.15, -0.1) is 0 Å². The van der Waals surface area contributed by atoms with Crippen molar-refractivity contribution in [1.29, 1.82) is 0 Å². The molecule has 0 spiro atoms. The highest BCUT2D eigenvalue weighted by molar-refractivity contribution is 5.97. The van der Waals surface area contributed by atoms with Crippen LogP contribution in [0.3, 0.4) is 0 Å². The van der Waals surface area contributed by atoms with Crippen molar-refractivity contribution >= 4 is 11.8 Å². The van der Waals surface area contributed by atoms with E-state index in [0.29, 0.717) is 17.7 Å². The Labute approximate surface area is 169 Å². The van der Waals surface area contributed by atoms with Gasteiger partial charge in [0.05, 0.1) is 12.0 Å². The van der Waals surface area contributed by atoms with Gasteiger partial charge in [0.15, 0.2) is 11.6 Å². The first-order valence-electron chi connectivity index (χ1n) is 8.91. The molecule has 0 aliphatic carbocycles. The average molecular weight is 409 g/mol. The van der Waals surface area contributed by atoms with Crippen LogP contribution in [0.5, 0.6) is 0 Å². The number of pyridine rings is 1. The minimum absolute atomic E-state index is 0.0405. The summed E-state index contributed by atoms with van der Waals surface area (Å²) < 4.78 is 46.8. The minimum Gasteiger partial charge on any atom is -0.337 e. The van der Waals surface area contributed by atoms with Crippen molar-refractivity contribution in [3.63, 3.8) is 0 Å². The van der Waals surface area contributed by atoms with Crippen LogP contribution in [0.2, 0.25) is 0 Å². The fourth-order valence-electron chi connectivity index (χ4n) is 3.00. The molecule has 8 heteroatoms. The predicted molar refractivity (Wildman–Crippen MR) is 104 cm³/mol. The van der Waals surface area contributed by atoms with Crippen molar-refractivity contribution in [2.75, 3.05) is 5.32 Å². The fraction of sp³-hybridized carbons (Fsp3) is 0.0455. The number of rotatable bonds is 5. The first-order valence-corrected chi connectivity index (χ1v) is 8.91. The van der Waals surface area contributed by atoms with Gasteiger partial charge in [-0.1, -0.05) is 35.5 Å². The number of halogens is 3. The van der Waals surface area contributed by atoms with Crippen LogP contribution in [0.1, 0.15) is 5.56 Å². The van der Waals surface area contributed by atoms with Crippen molar-refractivity contribution in [1.82, 2.24) is 10.1 Å². The molecule has 30 heavy (non-hydrogen) atoms. The van der Waals surface area contributed by atoms with E-state index in [9.17, 15) is 18.0 Å². The van der Waals surface area contributed by atoms with Crippen LogP contribution >= 0.6 is 0 Å². The minimum atomic E-state index is -1.32. The lowest BCUT2D eigenvalue weighted by atomic mass is 10.0. The molecule has 150 valence electrons. The number of nitrogens with zero attached hydrogens (tertiary/aromatic N) is 2. The Hall–Kier alpha value is -3.94. The summed E-state index contributed by atoms with van der Waals surface area (Å²) >= 11 is 0. The molecule has 2 aromatic carbocycles. The second-order valence-corrected chi connectivity index (χ2v) is 6.43. The Morgan fingerprint density at radius 3 is 2.37 bits per heavy atom. The van der Waals surface area contributed by atoms with Crippen LogP contribution in [0.15, 0.2) is 71.5 Å². The van der Waals surface area contributed by atoms with Gasteiger partial charge < -0.3 is 4.52 Å². The van der Waals surface area contributed by atoms with Gasteiger partial charge in [-0.05, 0) is 29.3 Å². The third-order valence-electron chi connectivity index (χ3n) is 4.39. The zero-order valence-corrected chi connectivity index (χ0v) is 15.4. The van der Waals surface area contributed by atoms with E-state index in [2.05, 4.69) is 15.5 Å². The van der Waals surface area contributed by atoms with Crippen LogP contribution in [-0.4, -0.2) is 16.0 Å². The smallest absolute Gasteiger partial charge is 0.239 e. The lowest BCUT2D eigenvalue weighted by molar-refractivity contribution is -0.115. The first-order chi connectivity index (χ1) is 14.5. The summed E-state index contributed by atoms with van der Waals surface area (Å²) in [6.07, 6.45) is 3.05. The van der Waals surface area contributed by atoms with Gasteiger partial charge in [-0.2, -0.15) is 0 Å². The Morgan fingerprint density at radius 1 is 0.933 bits per heavy atom. The number of anilines is 1. The van der Waals surface area contributed by atoms with Crippen molar-refractivity contribution in [3.8, 4) is 22.4 Å². The molecule has 0 aliphatic rings. The zero-order chi connectivity index (χ0) is 21.1. The number of carbonyl (C=O) groups excluding carboxylic acids is 1. The molecular formula is C22H14F3N3O2. The molecule has 0 unspecified atom stereocenters. The summed E-state index contributed by atoms with van der Waals surface area (Å²) in [4.78, 5) is 16.4. The molecule has 5 nitrogen and oxygen atoms in total. The van der Waals surface area contributed by atoms with Gasteiger partial charge >= 0.3 is 0 Å². The first kappa shape index (κ1) is 19.4. The number of carbonyl (C=O) groups is 1. The molecule has 0 aliphatic heterocycles. The van der Waals surface area contributed by atoms with Gasteiger partial charge in [0.2, 0.25) is 11.8 Å². The second-order valence-electron chi connectivity index (χ2n) is 6.43. The molecule has 1 amide bonds. The van der Waals surface area contributed by atoms with Crippen LogP contribution < -0.4 is 5.32 Å². The van der Waals surface area contributed by atoms with Crippen LogP contribution in [0.4, 0.5) is 19.1 Å². The molecule has 4 aromatic rings. The summed E-state index contributed by atoms with van der Waals surface area (Å²) in [6, 6.07) is 13.4. The molecular weight excluding hydrogens is 395 g/mol. The maximum absolute atomic E-state index is 14.4. The average Bonchev–Trinajstić information content (AvgIpc) is 3.15. The molecule has 1 N–H and O–H groups in total. The summed E-state index contributed by atoms with van der Waals surface area (Å²) in [5.41, 5.74) is 1.14. The van der Waals surface area contributed by atoms with E-state index in [4.69, 9.17) is 4.52 Å². The van der Waals surface area contributed by atoms with Crippen molar-refractivity contribution < 1.29 is 22.5 Å². The Morgan fingerprint density at radius 2 is 1.63 bits per heavy atom. The largest absolute Gasteiger partial charge is 0.337 e. The SMILES string of the molecule is O=C(Cc1ccccc1)Nc1onc(-c2cc(F)c(F)cc2F)c1-c1ccncc1. The number of nitrogens with one attached hydrogen (secondary N) is 1. The van der Waals surface area contributed by atoms with Gasteiger partial charge in [-0.3, -0.25) is 15.1 Å². The predicted octanol–water partition coefficient (Wildman–Crippen LogP) is 5.00. The summed E-state index contributed by atoms with van der Waals surface area (Å²) in [6.45, 7) is 0. The molecule has 0 atom stereocenters. The zero-order valence-electron chi connectivity index (χ0n) is 15.4. The van der Waals surface area contributed by atoms with Crippen LogP contribution in [-0.2, 0) is 11.2 Å². The summed E-state index contributed by atoms with van der Waals surface area (Å²) in [7, 11) is 0. The number of amides is 1. The van der Waals surface area contributed by atoms with Crippen molar-refractivity contribution in [3.05, 3.63) is 90.0 Å². The molecule has 0 radical (unpaired) electrons. The standard InChI is InChI=1S/C22H14F3N3O2/c23-16-12-18(25)17(24)11-15(16)21-20(14-6-8-26-9-7-14)22(30-28-21)27-19(29)10-13-4-2-1-3-5-13/h1-9,11-12H,10H2,(H,27,29). The maximum Gasteiger partial charge on any atom is 0.239 e. The van der Waals surface area contributed by atoms with E-state index < -0.39 is 17.5 Å². The molecule has 0 fully saturated rings. The maximum atomic E-state index is 14.4. The highest BCUT2D eigenvalue weighted by Crippen LogP contribution is 2.39. The number of hydrogen-bond donors (Lipinski definition) is 1. The molecule has 0 saturated carbocycles.